The van der Waals surface area contributed by atoms with Gasteiger partial charge in [0.2, 0.25) is 0 Å². The molecular formula is C18H29N5O5. The molecule has 1 fully saturated rings. The number of nitrogens with one attached hydrogen (secondary N) is 3. The van der Waals surface area contributed by atoms with E-state index in [1.54, 1.807) is 45.0 Å². The highest BCUT2D eigenvalue weighted by Gasteiger charge is 2.53. The number of aliphatic hydroxyl groups is 2. The Balaban J connectivity index is 1.92. The molecule has 0 spiro atoms. The molecule has 1 saturated heterocycles. The van der Waals surface area contributed by atoms with E-state index in [4.69, 9.17) is 4.74 Å². The lowest BCUT2D eigenvalue weighted by atomic mass is 9.88. The minimum atomic E-state index is -2.48. The SMILES string of the molecule is CC1CCN(C(=O)OC(C)(C)C)C(O)(O)C1N(C)C1=C2C=CNC2NC(=O)N1. The van der Waals surface area contributed by atoms with Crippen LogP contribution in [0.25, 0.3) is 0 Å². The summed E-state index contributed by atoms with van der Waals surface area (Å²) in [5.41, 5.74) is -0.00169. The highest BCUT2D eigenvalue weighted by atomic mass is 16.6. The van der Waals surface area contributed by atoms with E-state index in [1.165, 1.54) is 0 Å². The predicted octanol–water partition coefficient (Wildman–Crippen LogP) is 0.170. The summed E-state index contributed by atoms with van der Waals surface area (Å²) in [4.78, 5) is 27.1. The number of ether oxygens (including phenoxy) is 1. The van der Waals surface area contributed by atoms with Crippen molar-refractivity contribution in [2.75, 3.05) is 13.6 Å². The maximum Gasteiger partial charge on any atom is 0.414 e. The highest BCUT2D eigenvalue weighted by molar-refractivity contribution is 5.79. The first kappa shape index (κ1) is 20.3. The summed E-state index contributed by atoms with van der Waals surface area (Å²) in [6.07, 6.45) is 2.87. The van der Waals surface area contributed by atoms with Crippen molar-refractivity contribution >= 4 is 12.1 Å². The number of piperidine rings is 1. The molecule has 3 aliphatic rings. The third-order valence-electron chi connectivity index (χ3n) is 5.14. The molecule has 0 aromatic rings. The van der Waals surface area contributed by atoms with Crippen molar-refractivity contribution in [2.24, 2.45) is 5.92 Å². The summed E-state index contributed by atoms with van der Waals surface area (Å²) in [6, 6.07) is -1.29. The van der Waals surface area contributed by atoms with Gasteiger partial charge >= 0.3 is 12.1 Å². The van der Waals surface area contributed by atoms with Gasteiger partial charge in [-0.15, -0.1) is 0 Å². The molecule has 3 unspecified atom stereocenters. The number of hydrogen-bond acceptors (Lipinski definition) is 7. The van der Waals surface area contributed by atoms with Gasteiger partial charge in [-0.3, -0.25) is 10.2 Å². The Morgan fingerprint density at radius 3 is 2.71 bits per heavy atom. The summed E-state index contributed by atoms with van der Waals surface area (Å²) in [5, 5.41) is 30.5. The molecule has 3 atom stereocenters. The van der Waals surface area contributed by atoms with Crippen LogP contribution in [0.1, 0.15) is 34.1 Å². The predicted molar refractivity (Wildman–Crippen MR) is 100 cm³/mol. The first-order valence-corrected chi connectivity index (χ1v) is 9.34. The van der Waals surface area contributed by atoms with Crippen LogP contribution in [0.4, 0.5) is 9.59 Å². The lowest BCUT2D eigenvalue weighted by Crippen LogP contribution is -2.70. The summed E-state index contributed by atoms with van der Waals surface area (Å²) in [5.74, 6) is -2.20. The Morgan fingerprint density at radius 2 is 2.07 bits per heavy atom. The lowest BCUT2D eigenvalue weighted by Gasteiger charge is -2.51. The van der Waals surface area contributed by atoms with Crippen molar-refractivity contribution < 1.29 is 24.5 Å². The van der Waals surface area contributed by atoms with Crippen molar-refractivity contribution in [1.82, 2.24) is 25.8 Å². The summed E-state index contributed by atoms with van der Waals surface area (Å²) >= 11 is 0. The largest absolute Gasteiger partial charge is 0.444 e. The second-order valence-corrected chi connectivity index (χ2v) is 8.48. The molecule has 3 aliphatic heterocycles. The van der Waals surface area contributed by atoms with Gasteiger partial charge in [0.1, 0.15) is 23.6 Å². The van der Waals surface area contributed by atoms with Gasteiger partial charge < -0.3 is 30.5 Å². The van der Waals surface area contributed by atoms with Crippen molar-refractivity contribution in [3.63, 3.8) is 0 Å². The van der Waals surface area contributed by atoms with Gasteiger partial charge in [0.05, 0.1) is 0 Å². The number of amides is 3. The molecule has 5 N–H and O–H groups in total. The number of urea groups is 1. The Hall–Kier alpha value is -2.46. The Bertz CT molecular complexity index is 726. The molecular weight excluding hydrogens is 366 g/mol. The van der Waals surface area contributed by atoms with E-state index in [9.17, 15) is 19.8 Å². The van der Waals surface area contributed by atoms with Crippen LogP contribution in [0.2, 0.25) is 0 Å². The monoisotopic (exact) mass is 395 g/mol. The maximum atomic E-state index is 12.6. The van der Waals surface area contributed by atoms with E-state index in [0.29, 0.717) is 12.2 Å². The zero-order chi connectivity index (χ0) is 20.9. The summed E-state index contributed by atoms with van der Waals surface area (Å²) in [7, 11) is 1.66. The number of carbonyl (C=O) groups excluding carboxylic acids is 2. The fraction of sp³-hybridized carbons (Fsp3) is 0.667. The van der Waals surface area contributed by atoms with Gasteiger partial charge in [-0.05, 0) is 45.4 Å². The minimum Gasteiger partial charge on any atom is -0.444 e. The van der Waals surface area contributed by atoms with Gasteiger partial charge in [-0.1, -0.05) is 6.92 Å². The van der Waals surface area contributed by atoms with Crippen molar-refractivity contribution in [3.05, 3.63) is 23.7 Å². The number of fused-ring (bicyclic) bond motifs is 1. The number of likely N-dealkylation sites (tertiary alicyclic amines) is 1. The molecule has 0 aromatic heterocycles. The second kappa shape index (κ2) is 6.85. The zero-order valence-electron chi connectivity index (χ0n) is 16.8. The van der Waals surface area contributed by atoms with Crippen LogP contribution in [-0.4, -0.2) is 69.4 Å². The highest BCUT2D eigenvalue weighted by Crippen LogP contribution is 2.35. The summed E-state index contributed by atoms with van der Waals surface area (Å²) in [6.45, 7) is 7.18. The van der Waals surface area contributed by atoms with E-state index in [2.05, 4.69) is 16.0 Å². The van der Waals surface area contributed by atoms with Gasteiger partial charge in [-0.25, -0.2) is 9.59 Å². The Kier molecular flexibility index (Phi) is 4.96. The van der Waals surface area contributed by atoms with E-state index >= 15 is 0 Å². The average molecular weight is 395 g/mol. The Labute approximate surface area is 164 Å². The quantitative estimate of drug-likeness (QED) is 0.422. The molecule has 10 nitrogen and oxygen atoms in total. The van der Waals surface area contributed by atoms with E-state index < -0.39 is 29.7 Å². The molecule has 3 heterocycles. The smallest absolute Gasteiger partial charge is 0.414 e. The van der Waals surface area contributed by atoms with Crippen molar-refractivity contribution in [2.45, 2.75) is 57.8 Å². The molecule has 156 valence electrons. The van der Waals surface area contributed by atoms with E-state index in [0.717, 1.165) is 10.5 Å². The Morgan fingerprint density at radius 1 is 1.39 bits per heavy atom. The molecule has 0 aliphatic carbocycles. The number of nitrogens with zero attached hydrogens (tertiary/aromatic N) is 2. The number of carbonyl (C=O) groups is 2. The van der Waals surface area contributed by atoms with Crippen LogP contribution in [0.5, 0.6) is 0 Å². The minimum absolute atomic E-state index is 0.150. The molecule has 3 amide bonds. The molecule has 0 aromatic carbocycles. The lowest BCUT2D eigenvalue weighted by molar-refractivity contribution is -0.303. The molecule has 0 saturated carbocycles. The standard InChI is InChI=1S/C18H29N5O5/c1-10-7-9-23(16(25)28-17(2,3)4)18(26,27)12(10)22(5)14-11-6-8-19-13(11)20-15(24)21-14/h6,8,10,12-13,19,26-27H,7,9H2,1-5H3,(H2,20,21,24). The molecule has 10 heteroatoms. The summed E-state index contributed by atoms with van der Waals surface area (Å²) < 4.78 is 5.34. The second-order valence-electron chi connectivity index (χ2n) is 8.48. The first-order valence-electron chi connectivity index (χ1n) is 9.34. The number of likely N-dealkylation sites (N-methyl/N-ethyl adjacent to an activating group) is 1. The van der Waals surface area contributed by atoms with Crippen LogP contribution < -0.4 is 16.0 Å². The van der Waals surface area contributed by atoms with Crippen LogP contribution >= 0.6 is 0 Å². The van der Waals surface area contributed by atoms with Crippen LogP contribution in [0.15, 0.2) is 23.7 Å². The van der Waals surface area contributed by atoms with Crippen molar-refractivity contribution in [1.29, 1.82) is 0 Å². The fourth-order valence-electron chi connectivity index (χ4n) is 3.91. The van der Waals surface area contributed by atoms with E-state index in [-0.39, 0.29) is 18.6 Å². The number of hydrogen-bond donors (Lipinski definition) is 5. The third-order valence-corrected chi connectivity index (χ3v) is 5.14. The molecule has 3 rings (SSSR count). The average Bonchev–Trinajstić information content (AvgIpc) is 2.99. The van der Waals surface area contributed by atoms with E-state index in [1.807, 2.05) is 6.92 Å². The normalized spacial score (nSPS) is 28.9. The third kappa shape index (κ3) is 3.61. The zero-order valence-corrected chi connectivity index (χ0v) is 16.8. The van der Waals surface area contributed by atoms with Crippen molar-refractivity contribution in [3.8, 4) is 0 Å². The first-order chi connectivity index (χ1) is 12.9. The van der Waals surface area contributed by atoms with Gasteiger partial charge in [-0.2, -0.15) is 0 Å². The molecule has 0 bridgehead atoms. The molecule has 0 radical (unpaired) electrons. The van der Waals surface area contributed by atoms with Gasteiger partial charge in [0, 0.05) is 19.2 Å². The number of rotatable bonds is 2. The molecule has 28 heavy (non-hydrogen) atoms. The van der Waals surface area contributed by atoms with Gasteiger partial charge in [0.15, 0.2) is 0 Å². The van der Waals surface area contributed by atoms with Crippen LogP contribution in [-0.2, 0) is 4.74 Å². The topological polar surface area (TPSA) is 126 Å². The van der Waals surface area contributed by atoms with Crippen LogP contribution in [0.3, 0.4) is 0 Å². The van der Waals surface area contributed by atoms with Gasteiger partial charge in [0.25, 0.3) is 5.91 Å². The fourth-order valence-corrected chi connectivity index (χ4v) is 3.91. The van der Waals surface area contributed by atoms with Crippen LogP contribution in [0, 0.1) is 5.92 Å². The maximum absolute atomic E-state index is 12.6.